The summed E-state index contributed by atoms with van der Waals surface area (Å²) in [4.78, 5) is 22.6. The summed E-state index contributed by atoms with van der Waals surface area (Å²) in [6.45, 7) is 0. The first-order valence-electron chi connectivity index (χ1n) is 5.61. The molecule has 2 rings (SSSR count). The highest BCUT2D eigenvalue weighted by molar-refractivity contribution is 6.05. The van der Waals surface area contributed by atoms with E-state index >= 15 is 0 Å². The number of benzene rings is 1. The lowest BCUT2D eigenvalue weighted by molar-refractivity contribution is -0.111. The SMILES string of the molecule is O=C(/C=C/c1ccco1)Nc1ccc(F)cc1C(=O)O. The number of anilines is 1. The van der Waals surface area contributed by atoms with Crippen molar-refractivity contribution in [2.75, 3.05) is 5.32 Å². The average Bonchev–Trinajstić information content (AvgIpc) is 2.91. The summed E-state index contributed by atoms with van der Waals surface area (Å²) in [5, 5.41) is 11.3. The van der Waals surface area contributed by atoms with Crippen LogP contribution in [0.25, 0.3) is 6.08 Å². The number of aromatic carboxylic acids is 1. The second-order valence-electron chi connectivity index (χ2n) is 3.83. The van der Waals surface area contributed by atoms with Gasteiger partial charge in [0.15, 0.2) is 0 Å². The van der Waals surface area contributed by atoms with Gasteiger partial charge in [-0.25, -0.2) is 9.18 Å². The first kappa shape index (κ1) is 13.5. The Balaban J connectivity index is 2.13. The van der Waals surface area contributed by atoms with Crippen molar-refractivity contribution < 1.29 is 23.5 Å². The number of amides is 1. The van der Waals surface area contributed by atoms with Crippen LogP contribution in [0.15, 0.2) is 47.1 Å². The van der Waals surface area contributed by atoms with Crippen LogP contribution in [0.2, 0.25) is 0 Å². The molecule has 20 heavy (non-hydrogen) atoms. The summed E-state index contributed by atoms with van der Waals surface area (Å²) in [5.41, 5.74) is -0.294. The Morgan fingerprint density at radius 1 is 1.30 bits per heavy atom. The van der Waals surface area contributed by atoms with Gasteiger partial charge in [-0.2, -0.15) is 0 Å². The summed E-state index contributed by atoms with van der Waals surface area (Å²) in [6.07, 6.45) is 4.08. The number of nitrogens with one attached hydrogen (secondary N) is 1. The lowest BCUT2D eigenvalue weighted by atomic mass is 10.1. The molecule has 0 fully saturated rings. The maximum absolute atomic E-state index is 13.0. The predicted molar refractivity (Wildman–Crippen MR) is 69.7 cm³/mol. The Morgan fingerprint density at radius 3 is 2.75 bits per heavy atom. The van der Waals surface area contributed by atoms with E-state index in [0.29, 0.717) is 5.76 Å². The maximum Gasteiger partial charge on any atom is 0.337 e. The van der Waals surface area contributed by atoms with E-state index in [1.807, 2.05) is 0 Å². The van der Waals surface area contributed by atoms with Gasteiger partial charge in [-0.1, -0.05) is 0 Å². The third-order valence-corrected chi connectivity index (χ3v) is 2.41. The Labute approximate surface area is 113 Å². The molecule has 2 N–H and O–H groups in total. The van der Waals surface area contributed by atoms with Crippen LogP contribution in [0.4, 0.5) is 10.1 Å². The first-order valence-corrected chi connectivity index (χ1v) is 5.61. The molecule has 0 aliphatic rings. The molecule has 0 aliphatic carbocycles. The lowest BCUT2D eigenvalue weighted by Gasteiger charge is -2.06. The number of hydrogen-bond donors (Lipinski definition) is 2. The fraction of sp³-hybridized carbons (Fsp3) is 0. The van der Waals surface area contributed by atoms with Gasteiger partial charge < -0.3 is 14.8 Å². The zero-order valence-electron chi connectivity index (χ0n) is 10.2. The molecule has 6 heteroatoms. The maximum atomic E-state index is 13.0. The molecule has 2 aromatic rings. The van der Waals surface area contributed by atoms with Crippen LogP contribution in [-0.4, -0.2) is 17.0 Å². The van der Waals surface area contributed by atoms with Gasteiger partial charge in [0.2, 0.25) is 5.91 Å². The van der Waals surface area contributed by atoms with E-state index in [-0.39, 0.29) is 11.3 Å². The van der Waals surface area contributed by atoms with E-state index in [1.165, 1.54) is 24.5 Å². The number of rotatable bonds is 4. The zero-order chi connectivity index (χ0) is 14.5. The molecule has 102 valence electrons. The van der Waals surface area contributed by atoms with Crippen LogP contribution < -0.4 is 5.32 Å². The van der Waals surface area contributed by atoms with Crippen molar-refractivity contribution >= 4 is 23.6 Å². The molecule has 0 saturated carbocycles. The van der Waals surface area contributed by atoms with Gasteiger partial charge in [-0.15, -0.1) is 0 Å². The highest BCUT2D eigenvalue weighted by Crippen LogP contribution is 2.17. The van der Waals surface area contributed by atoms with Crippen LogP contribution >= 0.6 is 0 Å². The molecule has 1 aromatic heterocycles. The second-order valence-corrected chi connectivity index (χ2v) is 3.83. The standard InChI is InChI=1S/C14H10FNO4/c15-9-3-5-12(11(8-9)14(18)19)16-13(17)6-4-10-2-1-7-20-10/h1-8H,(H,16,17)(H,18,19)/b6-4+. The number of carboxylic acids is 1. The van der Waals surface area contributed by atoms with Gasteiger partial charge in [0.25, 0.3) is 0 Å². The Morgan fingerprint density at radius 2 is 2.10 bits per heavy atom. The van der Waals surface area contributed by atoms with E-state index in [1.54, 1.807) is 12.1 Å². The molecule has 1 heterocycles. The van der Waals surface area contributed by atoms with Gasteiger partial charge in [-0.3, -0.25) is 4.79 Å². The fourth-order valence-corrected chi connectivity index (χ4v) is 1.52. The topological polar surface area (TPSA) is 79.5 Å². The molecule has 0 spiro atoms. The van der Waals surface area contributed by atoms with Gasteiger partial charge in [0.1, 0.15) is 11.6 Å². The fourth-order valence-electron chi connectivity index (χ4n) is 1.52. The number of carbonyl (C=O) groups is 2. The van der Waals surface area contributed by atoms with Gasteiger partial charge >= 0.3 is 5.97 Å². The van der Waals surface area contributed by atoms with Crippen molar-refractivity contribution in [3.63, 3.8) is 0 Å². The number of carbonyl (C=O) groups excluding carboxylic acids is 1. The largest absolute Gasteiger partial charge is 0.478 e. The van der Waals surface area contributed by atoms with Crippen molar-refractivity contribution in [1.29, 1.82) is 0 Å². The van der Waals surface area contributed by atoms with Gasteiger partial charge in [0, 0.05) is 6.08 Å². The van der Waals surface area contributed by atoms with E-state index in [2.05, 4.69) is 5.32 Å². The van der Waals surface area contributed by atoms with Crippen molar-refractivity contribution in [3.05, 3.63) is 59.8 Å². The molecule has 0 unspecified atom stereocenters. The Hall–Kier alpha value is -2.89. The number of furan rings is 1. The third-order valence-electron chi connectivity index (χ3n) is 2.41. The number of carboxylic acid groups (broad SMARTS) is 1. The first-order chi connectivity index (χ1) is 9.56. The van der Waals surface area contributed by atoms with Crippen LogP contribution in [0.3, 0.4) is 0 Å². The van der Waals surface area contributed by atoms with E-state index in [0.717, 1.165) is 12.1 Å². The van der Waals surface area contributed by atoms with E-state index in [4.69, 9.17) is 9.52 Å². The molecule has 0 bridgehead atoms. The van der Waals surface area contributed by atoms with Gasteiger partial charge in [0.05, 0.1) is 17.5 Å². The third kappa shape index (κ3) is 3.32. The molecular weight excluding hydrogens is 265 g/mol. The smallest absolute Gasteiger partial charge is 0.337 e. The molecule has 0 radical (unpaired) electrons. The average molecular weight is 275 g/mol. The molecule has 0 aliphatic heterocycles. The monoisotopic (exact) mass is 275 g/mol. The molecule has 0 saturated heterocycles. The number of halogens is 1. The molecule has 1 aromatic carbocycles. The minimum atomic E-state index is -1.32. The van der Waals surface area contributed by atoms with Crippen LogP contribution in [0, 0.1) is 5.82 Å². The van der Waals surface area contributed by atoms with Crippen molar-refractivity contribution in [2.24, 2.45) is 0 Å². The van der Waals surface area contributed by atoms with Crippen molar-refractivity contribution in [2.45, 2.75) is 0 Å². The normalized spacial score (nSPS) is 10.7. The quantitative estimate of drug-likeness (QED) is 0.841. The molecular formula is C14H10FNO4. The molecule has 5 nitrogen and oxygen atoms in total. The van der Waals surface area contributed by atoms with Crippen LogP contribution in [0.1, 0.15) is 16.1 Å². The minimum absolute atomic E-state index is 0.0213. The van der Waals surface area contributed by atoms with Gasteiger partial charge in [-0.05, 0) is 36.4 Å². The number of hydrogen-bond acceptors (Lipinski definition) is 3. The highest BCUT2D eigenvalue weighted by atomic mass is 19.1. The highest BCUT2D eigenvalue weighted by Gasteiger charge is 2.12. The summed E-state index contributed by atoms with van der Waals surface area (Å²) >= 11 is 0. The van der Waals surface area contributed by atoms with Crippen LogP contribution in [-0.2, 0) is 4.79 Å². The second kappa shape index (κ2) is 5.83. The molecule has 0 atom stereocenters. The summed E-state index contributed by atoms with van der Waals surface area (Å²) in [6, 6.07) is 6.42. The summed E-state index contributed by atoms with van der Waals surface area (Å²) in [5.74, 6) is -2.07. The zero-order valence-corrected chi connectivity index (χ0v) is 10.2. The minimum Gasteiger partial charge on any atom is -0.478 e. The molecule has 1 amide bonds. The summed E-state index contributed by atoms with van der Waals surface area (Å²) in [7, 11) is 0. The van der Waals surface area contributed by atoms with Crippen LogP contribution in [0.5, 0.6) is 0 Å². The Bertz CT molecular complexity index is 662. The van der Waals surface area contributed by atoms with E-state index in [9.17, 15) is 14.0 Å². The summed E-state index contributed by atoms with van der Waals surface area (Å²) < 4.78 is 18.0. The predicted octanol–water partition coefficient (Wildman–Crippen LogP) is 2.77. The lowest BCUT2D eigenvalue weighted by Crippen LogP contribution is -2.12. The van der Waals surface area contributed by atoms with Crippen molar-refractivity contribution in [3.8, 4) is 0 Å². The Kier molecular flexibility index (Phi) is 3.95. The van der Waals surface area contributed by atoms with Crippen molar-refractivity contribution in [1.82, 2.24) is 0 Å². The van der Waals surface area contributed by atoms with E-state index < -0.39 is 17.7 Å².